The van der Waals surface area contributed by atoms with E-state index in [1.165, 1.54) is 0 Å². The molecule has 0 spiro atoms. The number of ether oxygens (including phenoxy) is 1. The number of halogens is 1. The molecule has 25 heavy (non-hydrogen) atoms. The van der Waals surface area contributed by atoms with Gasteiger partial charge in [0, 0.05) is 10.9 Å². The zero-order valence-corrected chi connectivity index (χ0v) is 15.1. The number of carbonyl (C=O) groups excluding carboxylic acids is 1. The number of benzene rings is 2. The van der Waals surface area contributed by atoms with E-state index >= 15 is 0 Å². The van der Waals surface area contributed by atoms with Crippen molar-refractivity contribution in [2.75, 3.05) is 0 Å². The summed E-state index contributed by atoms with van der Waals surface area (Å²) in [6, 6.07) is 17.9. The van der Waals surface area contributed by atoms with Gasteiger partial charge in [0.25, 0.3) is 0 Å². The molecule has 0 saturated carbocycles. The standard InChI is InChI=1S/C21H20ClNO2/c1-14-8-9-17-12-18(21(22)23-19(17)10-14)13-25-20(24)11-15(2)16-6-4-3-5-7-16/h3-10,12,15H,11,13H2,1-2H3/t15-/m0/s1. The van der Waals surface area contributed by atoms with E-state index in [4.69, 9.17) is 16.3 Å². The number of carbonyl (C=O) groups is 1. The van der Waals surface area contributed by atoms with Gasteiger partial charge in [0.2, 0.25) is 0 Å². The van der Waals surface area contributed by atoms with Crippen molar-refractivity contribution >= 4 is 28.5 Å². The van der Waals surface area contributed by atoms with Gasteiger partial charge in [-0.2, -0.15) is 0 Å². The molecule has 0 N–H and O–H groups in total. The van der Waals surface area contributed by atoms with Crippen molar-refractivity contribution in [1.82, 2.24) is 4.98 Å². The normalized spacial score (nSPS) is 12.1. The van der Waals surface area contributed by atoms with Gasteiger partial charge in [0.1, 0.15) is 11.8 Å². The van der Waals surface area contributed by atoms with Crippen molar-refractivity contribution in [3.63, 3.8) is 0 Å². The molecule has 0 fully saturated rings. The monoisotopic (exact) mass is 353 g/mol. The van der Waals surface area contributed by atoms with Crippen LogP contribution in [0.5, 0.6) is 0 Å². The molecule has 2 aromatic carbocycles. The first kappa shape index (κ1) is 17.4. The van der Waals surface area contributed by atoms with E-state index in [2.05, 4.69) is 4.98 Å². The molecule has 0 unspecified atom stereocenters. The van der Waals surface area contributed by atoms with Gasteiger partial charge in [0.05, 0.1) is 11.9 Å². The third-order valence-corrected chi connectivity index (χ3v) is 4.56. The molecule has 0 aliphatic rings. The summed E-state index contributed by atoms with van der Waals surface area (Å²) in [6.07, 6.45) is 0.335. The summed E-state index contributed by atoms with van der Waals surface area (Å²) in [5, 5.41) is 1.36. The second kappa shape index (κ2) is 7.66. The first-order chi connectivity index (χ1) is 12.0. The van der Waals surface area contributed by atoms with Crippen molar-refractivity contribution in [2.45, 2.75) is 32.8 Å². The van der Waals surface area contributed by atoms with Crippen LogP contribution in [0.3, 0.4) is 0 Å². The summed E-state index contributed by atoms with van der Waals surface area (Å²) < 4.78 is 5.41. The molecule has 0 amide bonds. The average Bonchev–Trinajstić information content (AvgIpc) is 2.60. The molecule has 4 heteroatoms. The minimum atomic E-state index is -0.239. The van der Waals surface area contributed by atoms with Gasteiger partial charge < -0.3 is 4.74 Å². The number of hydrogen-bond acceptors (Lipinski definition) is 3. The Morgan fingerprint density at radius 1 is 1.16 bits per heavy atom. The van der Waals surface area contributed by atoms with Gasteiger partial charge in [-0.1, -0.05) is 61.0 Å². The maximum absolute atomic E-state index is 12.1. The van der Waals surface area contributed by atoms with Crippen LogP contribution in [-0.2, 0) is 16.1 Å². The largest absolute Gasteiger partial charge is 0.461 e. The minimum absolute atomic E-state index is 0.113. The van der Waals surface area contributed by atoms with Crippen LogP contribution in [0.2, 0.25) is 5.15 Å². The number of rotatable bonds is 5. The van der Waals surface area contributed by atoms with Crippen LogP contribution in [0.25, 0.3) is 10.9 Å². The van der Waals surface area contributed by atoms with Crippen LogP contribution in [0, 0.1) is 6.92 Å². The number of nitrogens with zero attached hydrogens (tertiary/aromatic N) is 1. The first-order valence-electron chi connectivity index (χ1n) is 8.29. The summed E-state index contributed by atoms with van der Waals surface area (Å²) in [4.78, 5) is 16.5. The Balaban J connectivity index is 1.65. The Morgan fingerprint density at radius 3 is 2.68 bits per heavy atom. The second-order valence-corrected chi connectivity index (χ2v) is 6.67. The van der Waals surface area contributed by atoms with Crippen molar-refractivity contribution in [3.8, 4) is 0 Å². The van der Waals surface area contributed by atoms with E-state index in [0.29, 0.717) is 11.6 Å². The predicted octanol–water partition coefficient (Wildman–Crippen LogP) is 5.43. The zero-order valence-electron chi connectivity index (χ0n) is 14.3. The van der Waals surface area contributed by atoms with Crippen LogP contribution in [0.1, 0.15) is 36.0 Å². The summed E-state index contributed by atoms with van der Waals surface area (Å²) in [7, 11) is 0. The van der Waals surface area contributed by atoms with Gasteiger partial charge >= 0.3 is 5.97 Å². The number of hydrogen-bond donors (Lipinski definition) is 0. The zero-order chi connectivity index (χ0) is 17.8. The average molecular weight is 354 g/mol. The lowest BCUT2D eigenvalue weighted by atomic mass is 9.98. The van der Waals surface area contributed by atoms with Crippen molar-refractivity contribution in [3.05, 3.63) is 76.4 Å². The van der Waals surface area contributed by atoms with Crippen molar-refractivity contribution in [1.29, 1.82) is 0 Å². The minimum Gasteiger partial charge on any atom is -0.461 e. The Labute approximate surface area is 152 Å². The Kier molecular flexibility index (Phi) is 5.34. The number of pyridine rings is 1. The fourth-order valence-corrected chi connectivity index (χ4v) is 2.97. The molecule has 1 atom stereocenters. The SMILES string of the molecule is Cc1ccc2cc(COC(=O)C[C@H](C)c3ccccc3)c(Cl)nc2c1. The fraction of sp³-hybridized carbons (Fsp3) is 0.238. The Bertz CT molecular complexity index is 893. The van der Waals surface area contributed by atoms with Crippen LogP contribution in [0.4, 0.5) is 0 Å². The van der Waals surface area contributed by atoms with Gasteiger partial charge in [-0.25, -0.2) is 4.98 Å². The molecule has 0 aliphatic heterocycles. The van der Waals surface area contributed by atoms with Crippen LogP contribution in [0.15, 0.2) is 54.6 Å². The molecule has 0 saturated heterocycles. The van der Waals surface area contributed by atoms with Crippen molar-refractivity contribution < 1.29 is 9.53 Å². The molecular weight excluding hydrogens is 334 g/mol. The van der Waals surface area contributed by atoms with E-state index in [0.717, 1.165) is 27.6 Å². The first-order valence-corrected chi connectivity index (χ1v) is 8.67. The van der Waals surface area contributed by atoms with Crippen LogP contribution in [-0.4, -0.2) is 11.0 Å². The number of aryl methyl sites for hydroxylation is 1. The van der Waals surface area contributed by atoms with E-state index < -0.39 is 0 Å². The lowest BCUT2D eigenvalue weighted by Gasteiger charge is -2.12. The third-order valence-electron chi connectivity index (χ3n) is 4.23. The molecule has 0 radical (unpaired) electrons. The lowest BCUT2D eigenvalue weighted by Crippen LogP contribution is -2.09. The summed E-state index contributed by atoms with van der Waals surface area (Å²) in [6.45, 7) is 4.16. The van der Waals surface area contributed by atoms with Gasteiger partial charge in [0.15, 0.2) is 0 Å². The summed E-state index contributed by atoms with van der Waals surface area (Å²) in [5.74, 6) is -0.127. The molecular formula is C21H20ClNO2. The second-order valence-electron chi connectivity index (χ2n) is 6.31. The molecule has 1 heterocycles. The number of fused-ring (bicyclic) bond motifs is 1. The highest BCUT2D eigenvalue weighted by Crippen LogP contribution is 2.23. The van der Waals surface area contributed by atoms with E-state index in [9.17, 15) is 4.79 Å². The third kappa shape index (κ3) is 4.37. The lowest BCUT2D eigenvalue weighted by molar-refractivity contribution is -0.145. The maximum Gasteiger partial charge on any atom is 0.306 e. The molecule has 0 bridgehead atoms. The van der Waals surface area contributed by atoms with Crippen molar-refractivity contribution in [2.24, 2.45) is 0 Å². The summed E-state index contributed by atoms with van der Waals surface area (Å²) in [5.41, 5.74) is 3.82. The molecule has 3 rings (SSSR count). The van der Waals surface area contributed by atoms with E-state index in [1.54, 1.807) is 0 Å². The van der Waals surface area contributed by atoms with E-state index in [1.807, 2.05) is 68.4 Å². The molecule has 128 valence electrons. The molecule has 3 aromatic rings. The van der Waals surface area contributed by atoms with Crippen LogP contribution < -0.4 is 0 Å². The summed E-state index contributed by atoms with van der Waals surface area (Å²) >= 11 is 6.24. The Hall–Kier alpha value is -2.39. The van der Waals surface area contributed by atoms with E-state index in [-0.39, 0.29) is 18.5 Å². The maximum atomic E-state index is 12.1. The smallest absolute Gasteiger partial charge is 0.306 e. The highest BCUT2D eigenvalue weighted by molar-refractivity contribution is 6.30. The topological polar surface area (TPSA) is 39.2 Å². The van der Waals surface area contributed by atoms with Gasteiger partial charge in [-0.05, 0) is 36.1 Å². The Morgan fingerprint density at radius 2 is 1.92 bits per heavy atom. The molecule has 3 nitrogen and oxygen atoms in total. The van der Waals surface area contributed by atoms with Crippen LogP contribution >= 0.6 is 11.6 Å². The molecule has 0 aliphatic carbocycles. The predicted molar refractivity (Wildman–Crippen MR) is 101 cm³/mol. The quantitative estimate of drug-likeness (QED) is 0.453. The fourth-order valence-electron chi connectivity index (χ4n) is 2.77. The highest BCUT2D eigenvalue weighted by Gasteiger charge is 2.13. The number of esters is 1. The van der Waals surface area contributed by atoms with Gasteiger partial charge in [-0.3, -0.25) is 4.79 Å². The molecule has 1 aromatic heterocycles. The highest BCUT2D eigenvalue weighted by atomic mass is 35.5. The number of aromatic nitrogens is 1. The van der Waals surface area contributed by atoms with Gasteiger partial charge in [-0.15, -0.1) is 0 Å².